The Balaban J connectivity index is 1.71. The van der Waals surface area contributed by atoms with Crippen LogP contribution in [0, 0.1) is 5.41 Å². The number of hydrogen-bond donors (Lipinski definition) is 4. The molecule has 7 N–H and O–H groups in total. The van der Waals surface area contributed by atoms with Crippen molar-refractivity contribution in [1.29, 1.82) is 5.41 Å². The van der Waals surface area contributed by atoms with Crippen LogP contribution in [-0.2, 0) is 13.1 Å². The minimum Gasteiger partial charge on any atom is -0.381 e. The normalized spacial score (nSPS) is 10.6. The summed E-state index contributed by atoms with van der Waals surface area (Å²) in [6.45, 7) is 0.780. The van der Waals surface area contributed by atoms with Gasteiger partial charge in [0.1, 0.15) is 0 Å². The van der Waals surface area contributed by atoms with E-state index in [1.165, 1.54) is 9.59 Å². The van der Waals surface area contributed by atoms with E-state index in [1.807, 2.05) is 24.3 Å². The molecule has 0 radical (unpaired) electrons. The number of tetrazole rings is 2. The van der Waals surface area contributed by atoms with Crippen molar-refractivity contribution in [3.05, 3.63) is 41.2 Å². The first kappa shape index (κ1) is 16.0. The van der Waals surface area contributed by atoms with E-state index in [0.717, 1.165) is 11.1 Å². The molecule has 25 heavy (non-hydrogen) atoms. The summed E-state index contributed by atoms with van der Waals surface area (Å²) in [4.78, 5) is 6.46. The Hall–Kier alpha value is -3.90. The second kappa shape index (κ2) is 6.69. The molecule has 13 heteroatoms. The Morgan fingerprint density at radius 2 is 1.64 bits per heavy atom. The molecule has 0 spiro atoms. The maximum absolute atomic E-state index is 7.28. The summed E-state index contributed by atoms with van der Waals surface area (Å²) in [6.07, 6.45) is 0. The fourth-order valence-electron chi connectivity index (χ4n) is 2.03. The molecule has 2 heterocycles. The standard InChI is InChI=1S/C12H15N13/c13-9(14)10-18-22-24(20-10)5-7-2-1-3-8(4-7)6-25-21-12(19-23-25)17-11(15)16/h1-4H,5-6H2,(H3,13,14)(H4,15,16,17,21). The van der Waals surface area contributed by atoms with Crippen LogP contribution in [0.4, 0.5) is 5.95 Å². The number of benzene rings is 1. The van der Waals surface area contributed by atoms with Crippen molar-refractivity contribution in [2.45, 2.75) is 13.1 Å². The minimum atomic E-state index is -0.228. The molecular formula is C12H15N13. The molecule has 0 saturated heterocycles. The van der Waals surface area contributed by atoms with E-state index in [0.29, 0.717) is 13.1 Å². The highest BCUT2D eigenvalue weighted by Gasteiger charge is 2.07. The summed E-state index contributed by atoms with van der Waals surface area (Å²) in [5.74, 6) is -0.171. The SMILES string of the molecule is N=C(N)c1nnn(Cc2cccc(Cn3nnc(N=C(N)N)n3)c2)n1. The van der Waals surface area contributed by atoms with Crippen LogP contribution < -0.4 is 17.2 Å². The summed E-state index contributed by atoms with van der Waals surface area (Å²) in [6, 6.07) is 7.67. The predicted octanol–water partition coefficient (Wildman–Crippen LogP) is -2.05. The number of guanidine groups is 1. The van der Waals surface area contributed by atoms with Gasteiger partial charge in [0.25, 0.3) is 5.95 Å². The number of nitrogen functional groups attached to an aromatic ring is 1. The smallest absolute Gasteiger partial charge is 0.292 e. The second-order valence-corrected chi connectivity index (χ2v) is 5.03. The lowest BCUT2D eigenvalue weighted by atomic mass is 10.1. The quantitative estimate of drug-likeness (QED) is 0.287. The average Bonchev–Trinajstić information content (AvgIpc) is 3.17. The molecule has 0 unspecified atom stereocenters. The monoisotopic (exact) mass is 341 g/mol. The van der Waals surface area contributed by atoms with Gasteiger partial charge in [0, 0.05) is 0 Å². The van der Waals surface area contributed by atoms with Gasteiger partial charge >= 0.3 is 0 Å². The van der Waals surface area contributed by atoms with Crippen molar-refractivity contribution >= 4 is 17.7 Å². The third-order valence-corrected chi connectivity index (χ3v) is 3.00. The van der Waals surface area contributed by atoms with Crippen LogP contribution in [-0.4, -0.2) is 52.2 Å². The summed E-state index contributed by atoms with van der Waals surface area (Å²) >= 11 is 0. The van der Waals surface area contributed by atoms with Gasteiger partial charge in [-0.3, -0.25) is 5.41 Å². The maximum Gasteiger partial charge on any atom is 0.292 e. The fourth-order valence-corrected chi connectivity index (χ4v) is 2.03. The average molecular weight is 341 g/mol. The molecule has 0 aliphatic carbocycles. The number of aromatic nitrogens is 8. The Labute approximate surface area is 141 Å². The zero-order chi connectivity index (χ0) is 17.8. The van der Waals surface area contributed by atoms with E-state index >= 15 is 0 Å². The Bertz CT molecular complexity index is 916. The van der Waals surface area contributed by atoms with Crippen molar-refractivity contribution in [3.8, 4) is 0 Å². The molecule has 0 bridgehead atoms. The molecule has 0 atom stereocenters. The number of hydrogen-bond acceptors (Lipinski definition) is 8. The van der Waals surface area contributed by atoms with Gasteiger partial charge in [0.2, 0.25) is 5.82 Å². The first-order valence-corrected chi connectivity index (χ1v) is 7.07. The van der Waals surface area contributed by atoms with Gasteiger partial charge in [-0.05, 0) is 21.6 Å². The van der Waals surface area contributed by atoms with Gasteiger partial charge < -0.3 is 17.2 Å². The number of aliphatic imine (C=N–C) groups is 1. The molecule has 0 fully saturated rings. The van der Waals surface area contributed by atoms with Crippen LogP contribution in [0.3, 0.4) is 0 Å². The van der Waals surface area contributed by atoms with Crippen LogP contribution in [0.2, 0.25) is 0 Å². The molecule has 13 nitrogen and oxygen atoms in total. The largest absolute Gasteiger partial charge is 0.381 e. The van der Waals surface area contributed by atoms with Gasteiger partial charge in [0.05, 0.1) is 13.1 Å². The van der Waals surface area contributed by atoms with Crippen LogP contribution in [0.1, 0.15) is 17.0 Å². The summed E-state index contributed by atoms with van der Waals surface area (Å²) in [7, 11) is 0. The van der Waals surface area contributed by atoms with Crippen LogP contribution in [0.5, 0.6) is 0 Å². The lowest BCUT2D eigenvalue weighted by Gasteiger charge is -2.04. The van der Waals surface area contributed by atoms with E-state index in [2.05, 4.69) is 35.8 Å². The third-order valence-electron chi connectivity index (χ3n) is 3.00. The zero-order valence-corrected chi connectivity index (χ0v) is 13.0. The lowest BCUT2D eigenvalue weighted by Crippen LogP contribution is -2.22. The predicted molar refractivity (Wildman–Crippen MR) is 86.8 cm³/mol. The number of nitrogens with two attached hydrogens (primary N) is 3. The van der Waals surface area contributed by atoms with Crippen molar-refractivity contribution < 1.29 is 0 Å². The Morgan fingerprint density at radius 3 is 2.24 bits per heavy atom. The third kappa shape index (κ3) is 4.10. The zero-order valence-electron chi connectivity index (χ0n) is 13.0. The van der Waals surface area contributed by atoms with Crippen molar-refractivity contribution in [2.75, 3.05) is 0 Å². The molecule has 0 aliphatic rings. The van der Waals surface area contributed by atoms with Crippen molar-refractivity contribution in [3.63, 3.8) is 0 Å². The number of nitrogens with one attached hydrogen (secondary N) is 1. The first-order valence-electron chi connectivity index (χ1n) is 7.07. The van der Waals surface area contributed by atoms with E-state index in [9.17, 15) is 0 Å². The van der Waals surface area contributed by atoms with E-state index < -0.39 is 0 Å². The molecule has 3 aromatic rings. The highest BCUT2D eigenvalue weighted by atomic mass is 15.6. The second-order valence-electron chi connectivity index (χ2n) is 5.03. The summed E-state index contributed by atoms with van der Waals surface area (Å²) in [5.41, 5.74) is 17.7. The Kier molecular flexibility index (Phi) is 4.28. The van der Waals surface area contributed by atoms with Gasteiger partial charge in [-0.25, -0.2) is 0 Å². The number of amidine groups is 1. The summed E-state index contributed by atoms with van der Waals surface area (Å²) < 4.78 is 0. The lowest BCUT2D eigenvalue weighted by molar-refractivity contribution is 0.564. The van der Waals surface area contributed by atoms with Gasteiger partial charge in [-0.1, -0.05) is 29.4 Å². The molecule has 128 valence electrons. The highest BCUT2D eigenvalue weighted by molar-refractivity contribution is 5.90. The minimum absolute atomic E-state index is 0.0928. The molecular weight excluding hydrogens is 326 g/mol. The van der Waals surface area contributed by atoms with Gasteiger partial charge in [-0.2, -0.15) is 14.6 Å². The molecule has 3 rings (SSSR count). The van der Waals surface area contributed by atoms with E-state index in [4.69, 9.17) is 22.6 Å². The molecule has 0 saturated carbocycles. The molecule has 1 aromatic carbocycles. The van der Waals surface area contributed by atoms with Crippen LogP contribution in [0.15, 0.2) is 29.3 Å². The van der Waals surface area contributed by atoms with E-state index in [1.54, 1.807) is 0 Å². The first-order chi connectivity index (χ1) is 12.0. The van der Waals surface area contributed by atoms with Crippen LogP contribution in [0.25, 0.3) is 0 Å². The van der Waals surface area contributed by atoms with Crippen molar-refractivity contribution in [2.24, 2.45) is 22.2 Å². The molecule has 0 aliphatic heterocycles. The van der Waals surface area contributed by atoms with Gasteiger partial charge in [-0.15, -0.1) is 15.3 Å². The van der Waals surface area contributed by atoms with Crippen LogP contribution >= 0.6 is 0 Å². The number of rotatable bonds is 6. The highest BCUT2D eigenvalue weighted by Crippen LogP contribution is 2.08. The summed E-state index contributed by atoms with van der Waals surface area (Å²) in [5, 5.41) is 30.5. The molecule has 2 aromatic heterocycles. The van der Waals surface area contributed by atoms with Gasteiger partial charge in [0.15, 0.2) is 11.8 Å². The number of nitrogens with zero attached hydrogens (tertiary/aromatic N) is 9. The van der Waals surface area contributed by atoms with E-state index in [-0.39, 0.29) is 23.6 Å². The topological polar surface area (TPSA) is 201 Å². The fraction of sp³-hybridized carbons (Fsp3) is 0.167. The Morgan fingerprint density at radius 1 is 1.00 bits per heavy atom. The maximum atomic E-state index is 7.28. The molecule has 0 amide bonds. The van der Waals surface area contributed by atoms with Crippen molar-refractivity contribution in [1.82, 2.24) is 40.4 Å².